The van der Waals surface area contributed by atoms with E-state index < -0.39 is 6.10 Å². The highest BCUT2D eigenvalue weighted by Crippen LogP contribution is 2.17. The molecule has 0 saturated heterocycles. The molecule has 102 valence electrons. The molecule has 0 spiro atoms. The molecule has 2 heteroatoms. The van der Waals surface area contributed by atoms with E-state index >= 15 is 0 Å². The van der Waals surface area contributed by atoms with E-state index in [1.807, 2.05) is 24.3 Å². The van der Waals surface area contributed by atoms with Crippen LogP contribution in [0.15, 0.2) is 24.3 Å². The molecule has 1 rings (SSSR count). The van der Waals surface area contributed by atoms with Crippen molar-refractivity contribution in [1.29, 1.82) is 0 Å². The molecule has 0 amide bonds. The summed E-state index contributed by atoms with van der Waals surface area (Å²) in [4.78, 5) is 0. The summed E-state index contributed by atoms with van der Waals surface area (Å²) in [6, 6.07) is 7.70. The molecule has 0 aliphatic rings. The SMILES string of the molecule is CCCCCCCCOc1ccc(C(C)O)cc1. The highest BCUT2D eigenvalue weighted by molar-refractivity contribution is 5.28. The molecular formula is C16H26O2. The molecule has 1 aromatic rings. The summed E-state index contributed by atoms with van der Waals surface area (Å²) in [6.45, 7) is 4.80. The zero-order valence-corrected chi connectivity index (χ0v) is 11.7. The minimum absolute atomic E-state index is 0.405. The predicted octanol–water partition coefficient (Wildman–Crippen LogP) is 4.48. The molecule has 0 fully saturated rings. The van der Waals surface area contributed by atoms with E-state index in [-0.39, 0.29) is 0 Å². The number of ether oxygens (including phenoxy) is 1. The van der Waals surface area contributed by atoms with Crippen LogP contribution < -0.4 is 4.74 Å². The van der Waals surface area contributed by atoms with Gasteiger partial charge in [-0.3, -0.25) is 0 Å². The zero-order valence-electron chi connectivity index (χ0n) is 11.7. The van der Waals surface area contributed by atoms with Gasteiger partial charge in [-0.15, -0.1) is 0 Å². The predicted molar refractivity (Wildman–Crippen MR) is 75.9 cm³/mol. The van der Waals surface area contributed by atoms with E-state index in [4.69, 9.17) is 4.74 Å². The van der Waals surface area contributed by atoms with Crippen molar-refractivity contribution in [2.75, 3.05) is 6.61 Å². The summed E-state index contributed by atoms with van der Waals surface area (Å²) >= 11 is 0. The van der Waals surface area contributed by atoms with E-state index in [2.05, 4.69) is 6.92 Å². The van der Waals surface area contributed by atoms with Gasteiger partial charge in [0.05, 0.1) is 12.7 Å². The molecular weight excluding hydrogens is 224 g/mol. The fourth-order valence-electron chi connectivity index (χ4n) is 1.91. The van der Waals surface area contributed by atoms with Gasteiger partial charge in [0.25, 0.3) is 0 Å². The minimum atomic E-state index is -0.405. The van der Waals surface area contributed by atoms with Crippen molar-refractivity contribution in [3.05, 3.63) is 29.8 Å². The Kier molecular flexibility index (Phi) is 7.51. The molecule has 0 radical (unpaired) electrons. The van der Waals surface area contributed by atoms with Crippen LogP contribution in [0.5, 0.6) is 5.75 Å². The van der Waals surface area contributed by atoms with Gasteiger partial charge in [0.2, 0.25) is 0 Å². The minimum Gasteiger partial charge on any atom is -0.494 e. The zero-order chi connectivity index (χ0) is 13.2. The summed E-state index contributed by atoms with van der Waals surface area (Å²) in [5, 5.41) is 9.39. The highest BCUT2D eigenvalue weighted by atomic mass is 16.5. The van der Waals surface area contributed by atoms with Crippen LogP contribution >= 0.6 is 0 Å². The monoisotopic (exact) mass is 250 g/mol. The smallest absolute Gasteiger partial charge is 0.119 e. The van der Waals surface area contributed by atoms with Gasteiger partial charge in [-0.05, 0) is 31.0 Å². The van der Waals surface area contributed by atoms with Crippen molar-refractivity contribution in [3.8, 4) is 5.75 Å². The van der Waals surface area contributed by atoms with Crippen molar-refractivity contribution in [2.45, 2.75) is 58.5 Å². The molecule has 0 aliphatic carbocycles. The molecule has 0 bridgehead atoms. The summed E-state index contributed by atoms with van der Waals surface area (Å²) < 4.78 is 5.67. The number of aliphatic hydroxyl groups is 1. The van der Waals surface area contributed by atoms with E-state index in [0.717, 1.165) is 24.3 Å². The Balaban J connectivity index is 2.12. The van der Waals surface area contributed by atoms with E-state index in [9.17, 15) is 5.11 Å². The van der Waals surface area contributed by atoms with Gasteiger partial charge in [0.15, 0.2) is 0 Å². The van der Waals surface area contributed by atoms with Crippen LogP contribution in [0.1, 0.15) is 64.0 Å². The van der Waals surface area contributed by atoms with Crippen molar-refractivity contribution in [1.82, 2.24) is 0 Å². The molecule has 2 nitrogen and oxygen atoms in total. The maximum absolute atomic E-state index is 9.39. The van der Waals surface area contributed by atoms with Crippen LogP contribution in [-0.4, -0.2) is 11.7 Å². The Hall–Kier alpha value is -1.02. The molecule has 0 aromatic heterocycles. The first-order chi connectivity index (χ1) is 8.74. The van der Waals surface area contributed by atoms with Gasteiger partial charge in [-0.2, -0.15) is 0 Å². The summed E-state index contributed by atoms with van der Waals surface area (Å²) in [7, 11) is 0. The highest BCUT2D eigenvalue weighted by Gasteiger charge is 2.00. The molecule has 1 N–H and O–H groups in total. The largest absolute Gasteiger partial charge is 0.494 e. The molecule has 1 atom stereocenters. The Labute approximate surface area is 111 Å². The fourth-order valence-corrected chi connectivity index (χ4v) is 1.91. The topological polar surface area (TPSA) is 29.5 Å². The van der Waals surface area contributed by atoms with Crippen molar-refractivity contribution in [3.63, 3.8) is 0 Å². The lowest BCUT2D eigenvalue weighted by Crippen LogP contribution is -1.98. The number of benzene rings is 1. The molecule has 0 heterocycles. The summed E-state index contributed by atoms with van der Waals surface area (Å²) in [5.41, 5.74) is 0.932. The number of hydrogen-bond donors (Lipinski definition) is 1. The molecule has 1 unspecified atom stereocenters. The molecule has 1 aromatic carbocycles. The Morgan fingerprint density at radius 1 is 1.00 bits per heavy atom. The fraction of sp³-hybridized carbons (Fsp3) is 0.625. The average Bonchev–Trinajstić information content (AvgIpc) is 2.38. The average molecular weight is 250 g/mol. The number of aliphatic hydroxyl groups excluding tert-OH is 1. The maximum atomic E-state index is 9.39. The first kappa shape index (κ1) is 15.0. The van der Waals surface area contributed by atoms with Gasteiger partial charge in [0, 0.05) is 0 Å². The van der Waals surface area contributed by atoms with E-state index in [1.165, 1.54) is 32.1 Å². The van der Waals surface area contributed by atoms with Crippen molar-refractivity contribution in [2.24, 2.45) is 0 Å². The number of unbranched alkanes of at least 4 members (excludes halogenated alkanes) is 5. The molecule has 0 saturated carbocycles. The summed E-state index contributed by atoms with van der Waals surface area (Å²) in [6.07, 6.45) is 7.29. The van der Waals surface area contributed by atoms with Gasteiger partial charge < -0.3 is 9.84 Å². The summed E-state index contributed by atoms with van der Waals surface area (Å²) in [5.74, 6) is 0.896. The molecule has 0 aliphatic heterocycles. The van der Waals surface area contributed by atoms with Crippen LogP contribution in [0, 0.1) is 0 Å². The molecule has 18 heavy (non-hydrogen) atoms. The third-order valence-corrected chi connectivity index (χ3v) is 3.13. The van der Waals surface area contributed by atoms with Crippen LogP contribution in [0.2, 0.25) is 0 Å². The van der Waals surface area contributed by atoms with Crippen LogP contribution in [0.25, 0.3) is 0 Å². The lowest BCUT2D eigenvalue weighted by Gasteiger charge is -2.08. The lowest BCUT2D eigenvalue weighted by molar-refractivity contribution is 0.199. The lowest BCUT2D eigenvalue weighted by atomic mass is 10.1. The number of hydrogen-bond acceptors (Lipinski definition) is 2. The van der Waals surface area contributed by atoms with Crippen LogP contribution in [0.4, 0.5) is 0 Å². The van der Waals surface area contributed by atoms with Crippen molar-refractivity contribution >= 4 is 0 Å². The normalized spacial score (nSPS) is 12.4. The third-order valence-electron chi connectivity index (χ3n) is 3.13. The second-order valence-electron chi connectivity index (χ2n) is 4.86. The van der Waals surface area contributed by atoms with E-state index in [1.54, 1.807) is 6.92 Å². The first-order valence-electron chi connectivity index (χ1n) is 7.15. The second-order valence-corrected chi connectivity index (χ2v) is 4.86. The second kappa shape index (κ2) is 8.98. The van der Waals surface area contributed by atoms with Crippen molar-refractivity contribution < 1.29 is 9.84 Å². The Bertz CT molecular complexity index is 303. The van der Waals surface area contributed by atoms with Gasteiger partial charge in [-0.25, -0.2) is 0 Å². The standard InChI is InChI=1S/C16H26O2/c1-3-4-5-6-7-8-13-18-16-11-9-15(10-12-16)14(2)17/h9-12,14,17H,3-8,13H2,1-2H3. The third kappa shape index (κ3) is 6.06. The Morgan fingerprint density at radius 2 is 1.61 bits per heavy atom. The quantitative estimate of drug-likeness (QED) is 0.655. The van der Waals surface area contributed by atoms with E-state index in [0.29, 0.717) is 0 Å². The van der Waals surface area contributed by atoms with Gasteiger partial charge in [-0.1, -0.05) is 51.2 Å². The van der Waals surface area contributed by atoms with Crippen LogP contribution in [-0.2, 0) is 0 Å². The number of rotatable bonds is 9. The maximum Gasteiger partial charge on any atom is 0.119 e. The Morgan fingerprint density at radius 3 is 2.22 bits per heavy atom. The van der Waals surface area contributed by atoms with Crippen LogP contribution in [0.3, 0.4) is 0 Å². The van der Waals surface area contributed by atoms with Gasteiger partial charge >= 0.3 is 0 Å². The van der Waals surface area contributed by atoms with Gasteiger partial charge in [0.1, 0.15) is 5.75 Å². The first-order valence-corrected chi connectivity index (χ1v) is 7.15.